The molecule has 132 valence electrons. The van der Waals surface area contributed by atoms with Gasteiger partial charge in [0.2, 0.25) is 0 Å². The maximum atomic E-state index is 12.4. The first-order valence-electron chi connectivity index (χ1n) is 8.87. The Bertz CT molecular complexity index is 1010. The molecule has 0 aliphatic carbocycles. The van der Waals surface area contributed by atoms with E-state index >= 15 is 0 Å². The van der Waals surface area contributed by atoms with Crippen LogP contribution in [0.1, 0.15) is 11.3 Å². The molecule has 0 saturated carbocycles. The molecule has 0 amide bonds. The molecule has 4 nitrogen and oxygen atoms in total. The van der Waals surface area contributed by atoms with Crippen LogP contribution in [0, 0.1) is 0 Å². The van der Waals surface area contributed by atoms with E-state index in [9.17, 15) is 4.79 Å². The van der Waals surface area contributed by atoms with Crippen LogP contribution in [-0.4, -0.2) is 20.3 Å². The van der Waals surface area contributed by atoms with Crippen LogP contribution in [0.5, 0.6) is 0 Å². The van der Waals surface area contributed by atoms with E-state index in [0.717, 1.165) is 28.1 Å². The van der Waals surface area contributed by atoms with Gasteiger partial charge in [0.15, 0.2) is 0 Å². The van der Waals surface area contributed by atoms with Crippen molar-refractivity contribution in [2.45, 2.75) is 12.8 Å². The quantitative estimate of drug-likeness (QED) is 0.519. The molecule has 0 radical (unpaired) electrons. The number of nitrogens with zero attached hydrogens (tertiary/aromatic N) is 3. The molecule has 4 rings (SSSR count). The number of hydrogen-bond donors (Lipinski definition) is 0. The van der Waals surface area contributed by atoms with Gasteiger partial charge in [-0.25, -0.2) is 4.98 Å². The van der Waals surface area contributed by atoms with Crippen molar-refractivity contribution in [1.82, 2.24) is 14.5 Å². The summed E-state index contributed by atoms with van der Waals surface area (Å²) in [7, 11) is 0. The Labute approximate surface area is 158 Å². The summed E-state index contributed by atoms with van der Waals surface area (Å²) >= 11 is 0. The van der Waals surface area contributed by atoms with E-state index in [4.69, 9.17) is 0 Å². The van der Waals surface area contributed by atoms with Crippen molar-refractivity contribution in [3.05, 3.63) is 103 Å². The lowest BCUT2D eigenvalue weighted by Gasteiger charge is -2.06. The second-order valence-corrected chi connectivity index (χ2v) is 6.43. The standard InChI is InChI=1S/C23H19N3O/c27-23(14-18-6-10-22(11-7-18)26-13-12-24-17-26)15-21-9-8-20(16-25-21)19-4-2-1-3-5-19/h1-13,16-17H,14-15H2. The molecule has 0 unspecified atom stereocenters. The van der Waals surface area contributed by atoms with Crippen LogP contribution in [0.4, 0.5) is 0 Å². The fraction of sp³-hybridized carbons (Fsp3) is 0.0870. The monoisotopic (exact) mass is 353 g/mol. The van der Waals surface area contributed by atoms with Crippen molar-refractivity contribution < 1.29 is 4.79 Å². The summed E-state index contributed by atoms with van der Waals surface area (Å²) in [4.78, 5) is 20.9. The van der Waals surface area contributed by atoms with Crippen LogP contribution in [0.15, 0.2) is 91.6 Å². The molecular weight excluding hydrogens is 334 g/mol. The average Bonchev–Trinajstić information content (AvgIpc) is 3.25. The predicted molar refractivity (Wildman–Crippen MR) is 106 cm³/mol. The average molecular weight is 353 g/mol. The predicted octanol–water partition coefficient (Wildman–Crippen LogP) is 4.29. The number of aromatic nitrogens is 3. The van der Waals surface area contributed by atoms with E-state index in [1.165, 1.54) is 0 Å². The lowest BCUT2D eigenvalue weighted by Crippen LogP contribution is -2.08. The lowest BCUT2D eigenvalue weighted by atomic mass is 10.0. The Balaban J connectivity index is 1.38. The van der Waals surface area contributed by atoms with Gasteiger partial charge in [0.05, 0.1) is 6.33 Å². The molecule has 4 heteroatoms. The smallest absolute Gasteiger partial charge is 0.143 e. The Morgan fingerprint density at radius 3 is 2.33 bits per heavy atom. The highest BCUT2D eigenvalue weighted by atomic mass is 16.1. The van der Waals surface area contributed by atoms with Crippen molar-refractivity contribution in [1.29, 1.82) is 0 Å². The number of hydrogen-bond acceptors (Lipinski definition) is 3. The van der Waals surface area contributed by atoms with Gasteiger partial charge in [-0.1, -0.05) is 48.5 Å². The fourth-order valence-electron chi connectivity index (χ4n) is 3.02. The zero-order valence-corrected chi connectivity index (χ0v) is 14.8. The van der Waals surface area contributed by atoms with Gasteiger partial charge in [0.25, 0.3) is 0 Å². The first kappa shape index (κ1) is 16.9. The largest absolute Gasteiger partial charge is 0.306 e. The van der Waals surface area contributed by atoms with E-state index in [-0.39, 0.29) is 5.78 Å². The number of pyridine rings is 1. The molecule has 27 heavy (non-hydrogen) atoms. The summed E-state index contributed by atoms with van der Waals surface area (Å²) < 4.78 is 1.93. The van der Waals surface area contributed by atoms with Crippen molar-refractivity contribution >= 4 is 5.78 Å². The Hall–Kier alpha value is -3.53. The van der Waals surface area contributed by atoms with Crippen LogP contribution in [0.3, 0.4) is 0 Å². The van der Waals surface area contributed by atoms with Gasteiger partial charge < -0.3 is 4.57 Å². The number of carbonyl (C=O) groups excluding carboxylic acids is 1. The summed E-state index contributed by atoms with van der Waals surface area (Å²) in [6.07, 6.45) is 7.98. The molecule has 0 atom stereocenters. The Kier molecular flexibility index (Phi) is 4.88. The van der Waals surface area contributed by atoms with E-state index in [0.29, 0.717) is 12.8 Å². The second-order valence-electron chi connectivity index (χ2n) is 6.43. The van der Waals surface area contributed by atoms with Crippen LogP contribution >= 0.6 is 0 Å². The SMILES string of the molecule is O=C(Cc1ccc(-n2ccnc2)cc1)Cc1ccc(-c2ccccc2)cn1. The number of carbonyl (C=O) groups is 1. The number of ketones is 1. The van der Waals surface area contributed by atoms with Crippen molar-refractivity contribution in [2.75, 3.05) is 0 Å². The van der Waals surface area contributed by atoms with E-state index in [1.54, 1.807) is 12.5 Å². The normalized spacial score (nSPS) is 10.7. The van der Waals surface area contributed by atoms with Crippen LogP contribution in [0.2, 0.25) is 0 Å². The Morgan fingerprint density at radius 2 is 1.67 bits per heavy atom. The van der Waals surface area contributed by atoms with Crippen LogP contribution < -0.4 is 0 Å². The van der Waals surface area contributed by atoms with Gasteiger partial charge >= 0.3 is 0 Å². The first-order valence-corrected chi connectivity index (χ1v) is 8.87. The zero-order valence-electron chi connectivity index (χ0n) is 14.8. The molecule has 0 spiro atoms. The molecule has 4 aromatic rings. The van der Waals surface area contributed by atoms with Gasteiger partial charge in [-0.3, -0.25) is 9.78 Å². The number of benzene rings is 2. The molecular formula is C23H19N3O. The maximum Gasteiger partial charge on any atom is 0.143 e. The van der Waals surface area contributed by atoms with Crippen molar-refractivity contribution in [3.8, 4) is 16.8 Å². The summed E-state index contributed by atoms with van der Waals surface area (Å²) in [6.45, 7) is 0. The third kappa shape index (κ3) is 4.18. The summed E-state index contributed by atoms with van der Waals surface area (Å²) in [5, 5.41) is 0. The highest BCUT2D eigenvalue weighted by molar-refractivity contribution is 5.82. The molecule has 0 bridgehead atoms. The van der Waals surface area contributed by atoms with Crippen molar-refractivity contribution in [2.24, 2.45) is 0 Å². The van der Waals surface area contributed by atoms with Gasteiger partial charge in [-0.15, -0.1) is 0 Å². The fourth-order valence-corrected chi connectivity index (χ4v) is 3.02. The minimum Gasteiger partial charge on any atom is -0.306 e. The second kappa shape index (κ2) is 7.79. The third-order valence-electron chi connectivity index (χ3n) is 4.45. The van der Waals surface area contributed by atoms with Crippen LogP contribution in [0.25, 0.3) is 16.8 Å². The Morgan fingerprint density at radius 1 is 0.852 bits per heavy atom. The molecule has 0 aliphatic heterocycles. The number of imidazole rings is 1. The highest BCUT2D eigenvalue weighted by Crippen LogP contribution is 2.18. The first-order chi connectivity index (χ1) is 13.3. The summed E-state index contributed by atoms with van der Waals surface area (Å²) in [5.41, 5.74) is 5.02. The molecule has 0 aliphatic rings. The van der Waals surface area contributed by atoms with E-state index in [1.807, 2.05) is 71.6 Å². The molecule has 2 aromatic heterocycles. The molecule has 0 saturated heterocycles. The lowest BCUT2D eigenvalue weighted by molar-refractivity contribution is -0.117. The topological polar surface area (TPSA) is 47.8 Å². The minimum atomic E-state index is 0.158. The van der Waals surface area contributed by atoms with Gasteiger partial charge in [0, 0.05) is 48.4 Å². The molecule has 2 aromatic carbocycles. The molecule has 0 N–H and O–H groups in total. The minimum absolute atomic E-state index is 0.158. The summed E-state index contributed by atoms with van der Waals surface area (Å²) in [5.74, 6) is 0.158. The molecule has 2 heterocycles. The highest BCUT2D eigenvalue weighted by Gasteiger charge is 2.07. The number of Topliss-reactive ketones (excluding diaryl/α,β-unsaturated/α-hetero) is 1. The zero-order chi connectivity index (χ0) is 18.5. The van der Waals surface area contributed by atoms with Gasteiger partial charge in [-0.05, 0) is 29.3 Å². The molecule has 0 fully saturated rings. The van der Waals surface area contributed by atoms with Gasteiger partial charge in [0.1, 0.15) is 5.78 Å². The van der Waals surface area contributed by atoms with Crippen molar-refractivity contribution in [3.63, 3.8) is 0 Å². The van der Waals surface area contributed by atoms with E-state index in [2.05, 4.69) is 22.1 Å². The number of rotatable bonds is 6. The third-order valence-corrected chi connectivity index (χ3v) is 4.45. The van der Waals surface area contributed by atoms with Gasteiger partial charge in [-0.2, -0.15) is 0 Å². The maximum absolute atomic E-state index is 12.4. The van der Waals surface area contributed by atoms with E-state index < -0.39 is 0 Å². The summed E-state index contributed by atoms with van der Waals surface area (Å²) in [6, 6.07) is 22.0. The van der Waals surface area contributed by atoms with Crippen LogP contribution in [-0.2, 0) is 17.6 Å².